The monoisotopic (exact) mass is 236 g/mol. The number of allylic oxidation sites excluding steroid dienone is 4. The highest BCUT2D eigenvalue weighted by atomic mass is 16.3. The van der Waals surface area contributed by atoms with Gasteiger partial charge in [0.15, 0.2) is 0 Å². The average Bonchev–Trinajstić information content (AvgIpc) is 2.17. The van der Waals surface area contributed by atoms with Crippen LogP contribution in [0.15, 0.2) is 36.0 Å². The maximum atomic E-state index is 9.69. The minimum Gasteiger partial charge on any atom is -0.389 e. The maximum absolute atomic E-state index is 9.69. The number of aliphatic hydroxyl groups excluding tert-OH is 1. The third-order valence-electron chi connectivity index (χ3n) is 3.10. The van der Waals surface area contributed by atoms with Crippen LogP contribution in [0, 0.1) is 11.3 Å². The number of rotatable bonds is 2. The highest BCUT2D eigenvalue weighted by Crippen LogP contribution is 2.41. The lowest BCUT2D eigenvalue weighted by atomic mass is 9.68. The van der Waals surface area contributed by atoms with E-state index in [2.05, 4.69) is 39.5 Å². The van der Waals surface area contributed by atoms with Crippen LogP contribution >= 0.6 is 0 Å². The number of hydrogen-bond donors (Lipinski definition) is 1. The van der Waals surface area contributed by atoms with Gasteiger partial charge in [0, 0.05) is 5.92 Å². The summed E-state index contributed by atoms with van der Waals surface area (Å²) in [5, 5.41) is 9.69. The van der Waals surface area contributed by atoms with Crippen molar-refractivity contribution in [3.63, 3.8) is 0 Å². The first-order valence-corrected chi connectivity index (χ1v) is 6.53. The van der Waals surface area contributed by atoms with Crippen molar-refractivity contribution in [1.29, 1.82) is 0 Å². The van der Waals surface area contributed by atoms with Gasteiger partial charge < -0.3 is 5.11 Å². The molecule has 1 aliphatic carbocycles. The minimum atomic E-state index is -0.283. The van der Waals surface area contributed by atoms with E-state index in [0.29, 0.717) is 5.92 Å². The van der Waals surface area contributed by atoms with Crippen LogP contribution < -0.4 is 0 Å². The zero-order valence-corrected chi connectivity index (χ0v) is 12.2. The van der Waals surface area contributed by atoms with E-state index >= 15 is 0 Å². The molecule has 0 aromatic rings. The zero-order chi connectivity index (χ0) is 13.6. The molecule has 1 aliphatic rings. The Hall–Kier alpha value is -0.820. The van der Waals surface area contributed by atoms with Crippen LogP contribution in [0.3, 0.4) is 0 Å². The lowest BCUT2D eigenvalue weighted by Gasteiger charge is -2.38. The van der Waals surface area contributed by atoms with E-state index < -0.39 is 0 Å². The second-order valence-electron chi connectivity index (χ2n) is 5.35. The molecular formula is C16H28O. The topological polar surface area (TPSA) is 20.2 Å². The zero-order valence-electron chi connectivity index (χ0n) is 12.2. The Kier molecular flexibility index (Phi) is 6.48. The van der Waals surface area contributed by atoms with E-state index in [0.717, 1.165) is 12.0 Å². The molecule has 1 nitrogen and oxygen atoms in total. The molecule has 1 rings (SSSR count). The molecule has 0 spiro atoms. The van der Waals surface area contributed by atoms with Gasteiger partial charge in [0.25, 0.3) is 0 Å². The van der Waals surface area contributed by atoms with Gasteiger partial charge in [0.05, 0.1) is 6.10 Å². The first-order valence-electron chi connectivity index (χ1n) is 6.53. The Labute approximate surface area is 107 Å². The summed E-state index contributed by atoms with van der Waals surface area (Å²) in [6.45, 7) is 16.4. The Morgan fingerprint density at radius 2 is 2.00 bits per heavy atom. The van der Waals surface area contributed by atoms with Gasteiger partial charge in [0.1, 0.15) is 0 Å². The van der Waals surface area contributed by atoms with Crippen LogP contribution in [0.2, 0.25) is 0 Å². The van der Waals surface area contributed by atoms with E-state index in [1.54, 1.807) is 0 Å². The van der Waals surface area contributed by atoms with Crippen molar-refractivity contribution in [3.05, 3.63) is 36.0 Å². The van der Waals surface area contributed by atoms with Gasteiger partial charge in [-0.1, -0.05) is 63.6 Å². The van der Waals surface area contributed by atoms with Crippen LogP contribution in [-0.2, 0) is 0 Å². The SMILES string of the molecule is C=C(C)/C=C/C1C(C)=CC(O)CC1(C)C.CC. The molecule has 98 valence electrons. The van der Waals surface area contributed by atoms with E-state index in [4.69, 9.17) is 0 Å². The van der Waals surface area contributed by atoms with E-state index in [-0.39, 0.29) is 11.5 Å². The Balaban J connectivity index is 0.00000121. The van der Waals surface area contributed by atoms with Crippen LogP contribution in [0.1, 0.15) is 48.0 Å². The molecule has 0 amide bonds. The van der Waals surface area contributed by atoms with Gasteiger partial charge >= 0.3 is 0 Å². The van der Waals surface area contributed by atoms with E-state index in [1.165, 1.54) is 5.57 Å². The Bertz CT molecular complexity index is 307. The number of hydrogen-bond acceptors (Lipinski definition) is 1. The smallest absolute Gasteiger partial charge is 0.0729 e. The molecule has 0 bridgehead atoms. The van der Waals surface area contributed by atoms with E-state index in [9.17, 15) is 5.11 Å². The molecule has 1 N–H and O–H groups in total. The highest BCUT2D eigenvalue weighted by Gasteiger charge is 2.34. The van der Waals surface area contributed by atoms with Crippen LogP contribution in [0.25, 0.3) is 0 Å². The summed E-state index contributed by atoms with van der Waals surface area (Å²) in [6.07, 6.45) is 6.80. The van der Waals surface area contributed by atoms with Crippen LogP contribution in [-0.4, -0.2) is 11.2 Å². The predicted octanol–water partition coefficient (Wildman–Crippen LogP) is 4.50. The average molecular weight is 236 g/mol. The third kappa shape index (κ3) is 4.91. The van der Waals surface area contributed by atoms with Crippen molar-refractivity contribution < 1.29 is 5.11 Å². The molecule has 0 fully saturated rings. The molecule has 0 saturated carbocycles. The Morgan fingerprint density at radius 3 is 2.41 bits per heavy atom. The van der Waals surface area contributed by atoms with Gasteiger partial charge in [-0.3, -0.25) is 0 Å². The van der Waals surface area contributed by atoms with Crippen molar-refractivity contribution in [1.82, 2.24) is 0 Å². The Morgan fingerprint density at radius 1 is 1.47 bits per heavy atom. The fraction of sp³-hybridized carbons (Fsp3) is 0.625. The molecule has 0 aliphatic heterocycles. The van der Waals surface area contributed by atoms with Crippen LogP contribution in [0.5, 0.6) is 0 Å². The standard InChI is InChI=1S/C14H22O.C2H6/c1-10(2)6-7-13-11(3)8-12(15)9-14(13,4)5;1-2/h6-8,12-13,15H,1,9H2,2-5H3;1-2H3/b7-6+;. The summed E-state index contributed by atoms with van der Waals surface area (Å²) < 4.78 is 0. The molecular weight excluding hydrogens is 208 g/mol. The molecule has 0 radical (unpaired) electrons. The van der Waals surface area contributed by atoms with Crippen molar-refractivity contribution in [3.8, 4) is 0 Å². The molecule has 0 aromatic heterocycles. The molecule has 1 heteroatoms. The lowest BCUT2D eigenvalue weighted by Crippen LogP contribution is -2.32. The second kappa shape index (κ2) is 6.80. The summed E-state index contributed by atoms with van der Waals surface area (Å²) >= 11 is 0. The third-order valence-corrected chi connectivity index (χ3v) is 3.10. The largest absolute Gasteiger partial charge is 0.389 e. The summed E-state index contributed by atoms with van der Waals surface area (Å²) in [5.74, 6) is 0.414. The van der Waals surface area contributed by atoms with E-state index in [1.807, 2.05) is 26.8 Å². The first-order chi connectivity index (χ1) is 7.83. The van der Waals surface area contributed by atoms with Crippen molar-refractivity contribution in [2.75, 3.05) is 0 Å². The summed E-state index contributed by atoms with van der Waals surface area (Å²) in [7, 11) is 0. The summed E-state index contributed by atoms with van der Waals surface area (Å²) in [6, 6.07) is 0. The maximum Gasteiger partial charge on any atom is 0.0729 e. The normalized spacial score (nSPS) is 27.1. The molecule has 17 heavy (non-hydrogen) atoms. The molecule has 0 saturated heterocycles. The van der Waals surface area contributed by atoms with Gasteiger partial charge in [-0.15, -0.1) is 0 Å². The second-order valence-corrected chi connectivity index (χ2v) is 5.35. The van der Waals surface area contributed by atoms with Crippen molar-refractivity contribution >= 4 is 0 Å². The predicted molar refractivity (Wildman–Crippen MR) is 77.0 cm³/mol. The quantitative estimate of drug-likeness (QED) is 0.553. The van der Waals surface area contributed by atoms with Gasteiger partial charge in [0.2, 0.25) is 0 Å². The van der Waals surface area contributed by atoms with Gasteiger partial charge in [-0.2, -0.15) is 0 Å². The van der Waals surface area contributed by atoms with Gasteiger partial charge in [-0.05, 0) is 25.7 Å². The summed E-state index contributed by atoms with van der Waals surface area (Å²) in [5.41, 5.74) is 2.46. The van der Waals surface area contributed by atoms with Crippen molar-refractivity contribution in [2.24, 2.45) is 11.3 Å². The molecule has 0 heterocycles. The molecule has 2 unspecified atom stereocenters. The van der Waals surface area contributed by atoms with Gasteiger partial charge in [-0.25, -0.2) is 0 Å². The lowest BCUT2D eigenvalue weighted by molar-refractivity contribution is 0.117. The molecule has 2 atom stereocenters. The minimum absolute atomic E-state index is 0.129. The molecule has 0 aromatic carbocycles. The first kappa shape index (κ1) is 16.2. The number of aliphatic hydroxyl groups is 1. The van der Waals surface area contributed by atoms with Crippen LogP contribution in [0.4, 0.5) is 0 Å². The fourth-order valence-corrected chi connectivity index (χ4v) is 2.42. The highest BCUT2D eigenvalue weighted by molar-refractivity contribution is 5.24. The van der Waals surface area contributed by atoms with Crippen molar-refractivity contribution in [2.45, 2.75) is 54.1 Å². The summed E-state index contributed by atoms with van der Waals surface area (Å²) in [4.78, 5) is 0. The fourth-order valence-electron chi connectivity index (χ4n) is 2.42.